The quantitative estimate of drug-likeness (QED) is 0.817. The number of nitrogens with zero attached hydrogens (tertiary/aromatic N) is 1. The molecule has 0 aliphatic heterocycles. The first-order valence-electron chi connectivity index (χ1n) is 5.27. The number of hydrogen-bond donors (Lipinski definition) is 1. The van der Waals surface area contributed by atoms with Crippen LogP contribution in [0.15, 0.2) is 33.6 Å². The van der Waals surface area contributed by atoms with Crippen LogP contribution in [0.3, 0.4) is 0 Å². The fraction of sp³-hybridized carbons (Fsp3) is 0.417. The second kappa shape index (κ2) is 7.72. The molecule has 1 aromatic carbocycles. The third kappa shape index (κ3) is 5.02. The van der Waals surface area contributed by atoms with Gasteiger partial charge in [-0.1, -0.05) is 28.9 Å². The van der Waals surface area contributed by atoms with Crippen molar-refractivity contribution in [2.45, 2.75) is 24.3 Å². The number of rotatable bonds is 6. The average Bonchev–Trinajstić information content (AvgIpc) is 2.29. The Bertz CT molecular complexity index is 362. The van der Waals surface area contributed by atoms with E-state index < -0.39 is 0 Å². The van der Waals surface area contributed by atoms with E-state index in [1.165, 1.54) is 4.90 Å². The van der Waals surface area contributed by atoms with Crippen molar-refractivity contribution in [3.8, 4) is 6.07 Å². The molecule has 1 rings (SSSR count). The highest BCUT2D eigenvalue weighted by molar-refractivity contribution is 9.10. The molecule has 0 amide bonds. The molecule has 1 aromatic rings. The van der Waals surface area contributed by atoms with E-state index in [0.717, 1.165) is 23.2 Å². The summed E-state index contributed by atoms with van der Waals surface area (Å²) in [5.41, 5.74) is 0. The lowest BCUT2D eigenvalue weighted by Gasteiger charge is -2.10. The average molecular weight is 299 g/mol. The van der Waals surface area contributed by atoms with E-state index in [4.69, 9.17) is 5.26 Å². The zero-order chi connectivity index (χ0) is 11.8. The topological polar surface area (TPSA) is 35.8 Å². The molecule has 0 heterocycles. The van der Waals surface area contributed by atoms with Crippen LogP contribution >= 0.6 is 27.7 Å². The van der Waals surface area contributed by atoms with Crippen LogP contribution in [0, 0.1) is 11.3 Å². The minimum atomic E-state index is -0.0658. The lowest BCUT2D eigenvalue weighted by Crippen LogP contribution is -2.30. The number of hydrogen-bond acceptors (Lipinski definition) is 3. The molecule has 1 atom stereocenters. The molecule has 0 aliphatic rings. The van der Waals surface area contributed by atoms with E-state index in [2.05, 4.69) is 46.4 Å². The Hall–Kier alpha value is -0.500. The summed E-state index contributed by atoms with van der Waals surface area (Å²) in [4.78, 5) is 1.19. The molecule has 0 saturated heterocycles. The normalized spacial score (nSPS) is 12.1. The van der Waals surface area contributed by atoms with Crippen LogP contribution in [0.1, 0.15) is 13.3 Å². The van der Waals surface area contributed by atoms with E-state index in [1.54, 1.807) is 11.8 Å². The van der Waals surface area contributed by atoms with E-state index in [9.17, 15) is 0 Å². The smallest absolute Gasteiger partial charge is 0.105 e. The molecule has 0 fully saturated rings. The maximum absolute atomic E-state index is 8.95. The van der Waals surface area contributed by atoms with Crippen LogP contribution in [0.4, 0.5) is 0 Å². The Morgan fingerprint density at radius 1 is 1.56 bits per heavy atom. The van der Waals surface area contributed by atoms with Crippen LogP contribution in [-0.2, 0) is 0 Å². The molecule has 1 unspecified atom stereocenters. The highest BCUT2D eigenvalue weighted by Crippen LogP contribution is 2.22. The summed E-state index contributed by atoms with van der Waals surface area (Å²) in [6, 6.07) is 10.3. The zero-order valence-electron chi connectivity index (χ0n) is 9.24. The molecule has 1 N–H and O–H groups in total. The van der Waals surface area contributed by atoms with Gasteiger partial charge in [-0.15, -0.1) is 11.8 Å². The van der Waals surface area contributed by atoms with Gasteiger partial charge in [-0.3, -0.25) is 0 Å². The van der Waals surface area contributed by atoms with Gasteiger partial charge in [0.1, 0.15) is 6.04 Å². The Labute approximate surface area is 110 Å². The SMILES string of the molecule is CCCNC(C#N)CSc1cccc(Br)c1. The van der Waals surface area contributed by atoms with Crippen molar-refractivity contribution in [1.29, 1.82) is 5.26 Å². The zero-order valence-corrected chi connectivity index (χ0v) is 11.6. The van der Waals surface area contributed by atoms with Crippen LogP contribution in [-0.4, -0.2) is 18.3 Å². The molecule has 0 aliphatic carbocycles. The van der Waals surface area contributed by atoms with E-state index in [0.29, 0.717) is 0 Å². The molecule has 0 bridgehead atoms. The largest absolute Gasteiger partial charge is 0.301 e. The Kier molecular flexibility index (Phi) is 6.55. The maximum Gasteiger partial charge on any atom is 0.105 e. The second-order valence-corrected chi connectivity index (χ2v) is 5.41. The molecular weight excluding hydrogens is 284 g/mol. The first-order chi connectivity index (χ1) is 7.76. The summed E-state index contributed by atoms with van der Waals surface area (Å²) in [6.45, 7) is 3.00. The van der Waals surface area contributed by atoms with Crippen molar-refractivity contribution in [3.05, 3.63) is 28.7 Å². The van der Waals surface area contributed by atoms with Gasteiger partial charge in [-0.25, -0.2) is 0 Å². The fourth-order valence-corrected chi connectivity index (χ4v) is 2.68. The molecule has 4 heteroatoms. The van der Waals surface area contributed by atoms with Gasteiger partial charge >= 0.3 is 0 Å². The van der Waals surface area contributed by atoms with Crippen LogP contribution in [0.2, 0.25) is 0 Å². The standard InChI is InChI=1S/C12H15BrN2S/c1-2-6-15-11(8-14)9-16-12-5-3-4-10(13)7-12/h3-5,7,11,15H,2,6,9H2,1H3. The van der Waals surface area contributed by atoms with Gasteiger partial charge in [0.05, 0.1) is 6.07 Å². The summed E-state index contributed by atoms with van der Waals surface area (Å²) in [5, 5.41) is 12.2. The minimum absolute atomic E-state index is 0.0658. The minimum Gasteiger partial charge on any atom is -0.301 e. The van der Waals surface area contributed by atoms with Gasteiger partial charge < -0.3 is 5.32 Å². The van der Waals surface area contributed by atoms with Crippen molar-refractivity contribution in [2.24, 2.45) is 0 Å². The van der Waals surface area contributed by atoms with Crippen molar-refractivity contribution in [3.63, 3.8) is 0 Å². The summed E-state index contributed by atoms with van der Waals surface area (Å²) in [7, 11) is 0. The molecule has 86 valence electrons. The first-order valence-corrected chi connectivity index (χ1v) is 7.05. The predicted molar refractivity (Wildman–Crippen MR) is 72.6 cm³/mol. The Balaban J connectivity index is 2.41. The summed E-state index contributed by atoms with van der Waals surface area (Å²) >= 11 is 5.14. The number of halogens is 1. The van der Waals surface area contributed by atoms with E-state index in [1.807, 2.05) is 12.1 Å². The van der Waals surface area contributed by atoms with Gasteiger partial charge in [-0.05, 0) is 31.2 Å². The Morgan fingerprint density at radius 2 is 2.38 bits per heavy atom. The predicted octanol–water partition coefficient (Wildman–Crippen LogP) is 3.43. The van der Waals surface area contributed by atoms with Gasteiger partial charge in [0, 0.05) is 15.1 Å². The molecule has 0 spiro atoms. The highest BCUT2D eigenvalue weighted by atomic mass is 79.9. The van der Waals surface area contributed by atoms with Crippen molar-refractivity contribution in [1.82, 2.24) is 5.32 Å². The second-order valence-electron chi connectivity index (χ2n) is 3.40. The van der Waals surface area contributed by atoms with E-state index >= 15 is 0 Å². The summed E-state index contributed by atoms with van der Waals surface area (Å²) in [6.07, 6.45) is 1.06. The van der Waals surface area contributed by atoms with Crippen LogP contribution in [0.5, 0.6) is 0 Å². The third-order valence-corrected chi connectivity index (χ3v) is 3.59. The molecule has 0 saturated carbocycles. The van der Waals surface area contributed by atoms with Crippen LogP contribution in [0.25, 0.3) is 0 Å². The summed E-state index contributed by atoms with van der Waals surface area (Å²) < 4.78 is 1.08. The third-order valence-electron chi connectivity index (χ3n) is 2.01. The van der Waals surface area contributed by atoms with Crippen molar-refractivity contribution >= 4 is 27.7 Å². The van der Waals surface area contributed by atoms with Crippen LogP contribution < -0.4 is 5.32 Å². The lowest BCUT2D eigenvalue weighted by molar-refractivity contribution is 0.637. The van der Waals surface area contributed by atoms with Crippen molar-refractivity contribution < 1.29 is 0 Å². The number of benzene rings is 1. The Morgan fingerprint density at radius 3 is 3.00 bits per heavy atom. The monoisotopic (exact) mass is 298 g/mol. The molecule has 16 heavy (non-hydrogen) atoms. The summed E-state index contributed by atoms with van der Waals surface area (Å²) in [5.74, 6) is 0.785. The van der Waals surface area contributed by atoms with Gasteiger partial charge in [-0.2, -0.15) is 5.26 Å². The van der Waals surface area contributed by atoms with Gasteiger partial charge in [0.25, 0.3) is 0 Å². The molecular formula is C12H15BrN2S. The fourth-order valence-electron chi connectivity index (χ4n) is 1.20. The number of nitriles is 1. The van der Waals surface area contributed by atoms with E-state index in [-0.39, 0.29) is 6.04 Å². The van der Waals surface area contributed by atoms with Gasteiger partial charge in [0.15, 0.2) is 0 Å². The lowest BCUT2D eigenvalue weighted by atomic mass is 10.3. The molecule has 2 nitrogen and oxygen atoms in total. The first kappa shape index (κ1) is 13.6. The highest BCUT2D eigenvalue weighted by Gasteiger charge is 2.06. The maximum atomic E-state index is 8.95. The van der Waals surface area contributed by atoms with Gasteiger partial charge in [0.2, 0.25) is 0 Å². The van der Waals surface area contributed by atoms with Crippen molar-refractivity contribution in [2.75, 3.05) is 12.3 Å². The molecule has 0 radical (unpaired) electrons. The number of thioether (sulfide) groups is 1. The number of nitrogens with one attached hydrogen (secondary N) is 1. The molecule has 0 aromatic heterocycles.